The van der Waals surface area contributed by atoms with Crippen LogP contribution in [0.2, 0.25) is 0 Å². The molecular weight excluding hydrogens is 471 g/mol. The van der Waals surface area contributed by atoms with Gasteiger partial charge < -0.3 is 10.6 Å². The van der Waals surface area contributed by atoms with Crippen molar-refractivity contribution in [2.24, 2.45) is 0 Å². The molecule has 1 fully saturated rings. The van der Waals surface area contributed by atoms with Gasteiger partial charge in [0.05, 0.1) is 29.2 Å². The number of hydrogen-bond acceptors (Lipinski definition) is 7. The summed E-state index contributed by atoms with van der Waals surface area (Å²) in [5.41, 5.74) is 0.101. The van der Waals surface area contributed by atoms with E-state index in [0.29, 0.717) is 18.5 Å². The van der Waals surface area contributed by atoms with E-state index < -0.39 is 21.8 Å². The molecule has 2 aromatic carbocycles. The number of halogens is 3. The molecule has 1 saturated heterocycles. The zero-order valence-electron chi connectivity index (χ0n) is 18.1. The van der Waals surface area contributed by atoms with Crippen LogP contribution in [0.3, 0.4) is 0 Å². The number of sulfonamides is 1. The molecule has 1 aliphatic rings. The van der Waals surface area contributed by atoms with Gasteiger partial charge in [0.2, 0.25) is 10.0 Å². The van der Waals surface area contributed by atoms with Crippen LogP contribution in [0.1, 0.15) is 12.0 Å². The van der Waals surface area contributed by atoms with Crippen LogP contribution < -0.4 is 20.4 Å². The third-order valence-corrected chi connectivity index (χ3v) is 6.58. The first-order chi connectivity index (χ1) is 16.2. The lowest BCUT2D eigenvalue weighted by Gasteiger charge is -2.18. The molecule has 4 rings (SSSR count). The molecule has 180 valence electrons. The van der Waals surface area contributed by atoms with Crippen LogP contribution in [0.15, 0.2) is 65.7 Å². The zero-order chi connectivity index (χ0) is 24.3. The monoisotopic (exact) mass is 493 g/mol. The summed E-state index contributed by atoms with van der Waals surface area (Å²) < 4.78 is 67.8. The Morgan fingerprint density at radius 1 is 1.03 bits per heavy atom. The van der Waals surface area contributed by atoms with Crippen molar-refractivity contribution in [2.45, 2.75) is 17.5 Å². The first-order valence-electron chi connectivity index (χ1n) is 10.3. The van der Waals surface area contributed by atoms with E-state index >= 15 is 0 Å². The average molecular weight is 494 g/mol. The van der Waals surface area contributed by atoms with Gasteiger partial charge in [-0.1, -0.05) is 12.1 Å². The smallest absolute Gasteiger partial charge is 0.354 e. The van der Waals surface area contributed by atoms with Crippen molar-refractivity contribution < 1.29 is 26.4 Å². The molecule has 0 spiro atoms. The third kappa shape index (κ3) is 5.24. The number of nitrogens with zero attached hydrogens (tertiary/aromatic N) is 2. The molecule has 2 heterocycles. The minimum Gasteiger partial charge on any atom is -0.354 e. The lowest BCUT2D eigenvalue weighted by Crippen LogP contribution is -2.20. The van der Waals surface area contributed by atoms with Crippen LogP contribution in [-0.2, 0) is 21.0 Å². The lowest BCUT2D eigenvalue weighted by molar-refractivity contribution is -0.137. The van der Waals surface area contributed by atoms with Crippen LogP contribution in [0.5, 0.6) is 0 Å². The summed E-state index contributed by atoms with van der Waals surface area (Å²) in [6.45, 7) is 1.44. The number of para-hydroxylation sites is 1. The second-order valence-electron chi connectivity index (χ2n) is 7.40. The Bertz CT molecular complexity index is 1260. The minimum absolute atomic E-state index is 0.00512. The number of rotatable bonds is 7. The van der Waals surface area contributed by atoms with E-state index in [1.807, 2.05) is 12.1 Å². The molecule has 0 amide bonds. The molecule has 3 N–H and O–H groups in total. The Kier molecular flexibility index (Phi) is 6.64. The van der Waals surface area contributed by atoms with Gasteiger partial charge in [0.25, 0.3) is 0 Å². The number of pyridine rings is 1. The summed E-state index contributed by atoms with van der Waals surface area (Å²) in [5, 5.41) is 7.37. The summed E-state index contributed by atoms with van der Waals surface area (Å²) in [5.74, 6) is 0.148. The number of nitrogens with one attached hydrogen (secondary N) is 3. The van der Waals surface area contributed by atoms with Crippen LogP contribution in [-0.4, -0.2) is 33.6 Å². The van der Waals surface area contributed by atoms with Gasteiger partial charge in [-0.15, -0.1) is 0 Å². The lowest BCUT2D eigenvalue weighted by atomic mass is 10.2. The van der Waals surface area contributed by atoms with Crippen molar-refractivity contribution in [3.05, 3.63) is 66.4 Å². The molecule has 0 bridgehead atoms. The van der Waals surface area contributed by atoms with Crippen LogP contribution in [0.4, 0.5) is 41.7 Å². The normalized spacial score (nSPS) is 14.3. The van der Waals surface area contributed by atoms with Gasteiger partial charge in [-0.2, -0.15) is 13.2 Å². The second kappa shape index (κ2) is 9.49. The van der Waals surface area contributed by atoms with E-state index in [-0.39, 0.29) is 22.1 Å². The van der Waals surface area contributed by atoms with Crippen LogP contribution in [0.25, 0.3) is 0 Å². The number of hydrogen-bond donors (Lipinski definition) is 3. The van der Waals surface area contributed by atoms with E-state index in [2.05, 4.69) is 20.3 Å². The predicted octanol–water partition coefficient (Wildman–Crippen LogP) is 4.64. The highest BCUT2D eigenvalue weighted by molar-refractivity contribution is 7.89. The van der Waals surface area contributed by atoms with E-state index in [1.165, 1.54) is 37.4 Å². The van der Waals surface area contributed by atoms with Crippen LogP contribution >= 0.6 is 0 Å². The van der Waals surface area contributed by atoms with Crippen LogP contribution in [0, 0.1) is 0 Å². The molecule has 3 aromatic rings. The fraction of sp³-hybridized carbons (Fsp3) is 0.227. The van der Waals surface area contributed by atoms with Crippen molar-refractivity contribution in [3.8, 4) is 0 Å². The number of benzene rings is 2. The number of alkyl halides is 3. The molecule has 34 heavy (non-hydrogen) atoms. The Labute approximate surface area is 194 Å². The molecule has 12 heteroatoms. The summed E-state index contributed by atoms with van der Waals surface area (Å²) in [6.07, 6.45) is -3.07. The number of anilines is 5. The largest absolute Gasteiger partial charge is 0.419 e. The minimum atomic E-state index is -4.71. The van der Waals surface area contributed by atoms with Gasteiger partial charge in [-0.25, -0.2) is 18.1 Å². The molecule has 0 unspecified atom stereocenters. The summed E-state index contributed by atoms with van der Waals surface area (Å²) in [4.78, 5) is 9.20. The summed E-state index contributed by atoms with van der Waals surface area (Å²) in [6, 6.07) is 14.1. The van der Waals surface area contributed by atoms with Crippen molar-refractivity contribution in [1.29, 1.82) is 0 Å². The van der Waals surface area contributed by atoms with E-state index in [9.17, 15) is 21.6 Å². The highest BCUT2D eigenvalue weighted by Gasteiger charge is 2.34. The Hall–Kier alpha value is -3.35. The quantitative estimate of drug-likeness (QED) is 0.441. The Morgan fingerprint density at radius 2 is 1.76 bits per heavy atom. The molecule has 0 radical (unpaired) electrons. The molecule has 1 aliphatic heterocycles. The van der Waals surface area contributed by atoms with E-state index in [4.69, 9.17) is 4.84 Å². The highest BCUT2D eigenvalue weighted by atomic mass is 32.2. The molecular formula is C22H22F3N5O3S. The standard InChI is InChI=1S/C22H22F3N5O3S/c1-26-34(31,32)20-6-3-2-5-18(20)29-19-13-21(27-14-17(19)22(23,24)25)28-15-7-9-16(10-8-15)30-11-4-12-33-30/h2-3,5-10,13-14,26H,4,11-12H2,1H3,(H2,27,28,29). The van der Waals surface area contributed by atoms with Gasteiger partial charge in [0.15, 0.2) is 0 Å². The van der Waals surface area contributed by atoms with Gasteiger partial charge in [0.1, 0.15) is 10.7 Å². The topological polar surface area (TPSA) is 95.6 Å². The van der Waals surface area contributed by atoms with Crippen molar-refractivity contribution in [2.75, 3.05) is 35.9 Å². The van der Waals surface area contributed by atoms with E-state index in [0.717, 1.165) is 18.7 Å². The second-order valence-corrected chi connectivity index (χ2v) is 9.26. The van der Waals surface area contributed by atoms with E-state index in [1.54, 1.807) is 17.2 Å². The molecule has 0 atom stereocenters. The summed E-state index contributed by atoms with van der Waals surface area (Å²) in [7, 11) is -2.68. The SMILES string of the molecule is CNS(=O)(=O)c1ccccc1Nc1cc(Nc2ccc(N3CCCO3)cc2)ncc1C(F)(F)F. The fourth-order valence-electron chi connectivity index (χ4n) is 3.42. The molecule has 8 nitrogen and oxygen atoms in total. The van der Waals surface area contributed by atoms with Gasteiger partial charge >= 0.3 is 6.18 Å². The maximum atomic E-state index is 13.7. The first-order valence-corrected chi connectivity index (χ1v) is 11.8. The predicted molar refractivity (Wildman–Crippen MR) is 123 cm³/mol. The molecule has 0 saturated carbocycles. The van der Waals surface area contributed by atoms with Crippen molar-refractivity contribution in [3.63, 3.8) is 0 Å². The van der Waals surface area contributed by atoms with Gasteiger partial charge in [-0.3, -0.25) is 9.90 Å². The maximum absolute atomic E-state index is 13.7. The van der Waals surface area contributed by atoms with Crippen molar-refractivity contribution in [1.82, 2.24) is 9.71 Å². The number of aromatic nitrogens is 1. The third-order valence-electron chi connectivity index (χ3n) is 5.10. The highest BCUT2D eigenvalue weighted by Crippen LogP contribution is 2.38. The molecule has 1 aromatic heterocycles. The average Bonchev–Trinajstić information content (AvgIpc) is 3.34. The Balaban J connectivity index is 1.64. The maximum Gasteiger partial charge on any atom is 0.419 e. The fourth-order valence-corrected chi connectivity index (χ4v) is 4.31. The van der Waals surface area contributed by atoms with Gasteiger partial charge in [0, 0.05) is 24.5 Å². The molecule has 0 aliphatic carbocycles. The summed E-state index contributed by atoms with van der Waals surface area (Å²) >= 11 is 0. The first kappa shape index (κ1) is 23.8. The Morgan fingerprint density at radius 3 is 2.41 bits per heavy atom. The number of hydroxylamine groups is 1. The van der Waals surface area contributed by atoms with Gasteiger partial charge in [-0.05, 0) is 49.9 Å². The van der Waals surface area contributed by atoms with Crippen molar-refractivity contribution >= 4 is 38.6 Å². The zero-order valence-corrected chi connectivity index (χ0v) is 18.9.